The highest BCUT2D eigenvalue weighted by atomic mass is 79.9. The molecule has 0 unspecified atom stereocenters. The average molecular weight is 303 g/mol. The molecular weight excluding hydrogens is 293 g/mol. The minimum Gasteiger partial charge on any atom is -0.382 e. The number of hydrogen-bond donors (Lipinski definition) is 1. The lowest BCUT2D eigenvalue weighted by Crippen LogP contribution is -2.05. The Hall–Kier alpha value is -1.14. The summed E-state index contributed by atoms with van der Waals surface area (Å²) in [6, 6.07) is 0. The van der Waals surface area contributed by atoms with Crippen LogP contribution in [0.2, 0.25) is 5.02 Å². The van der Waals surface area contributed by atoms with Crippen LogP contribution in [0.3, 0.4) is 0 Å². The van der Waals surface area contributed by atoms with Crippen molar-refractivity contribution in [1.82, 2.24) is 19.7 Å². The summed E-state index contributed by atoms with van der Waals surface area (Å²) < 4.78 is 2.57. The number of nitrogens with two attached hydrogens (primary N) is 1. The van der Waals surface area contributed by atoms with Crippen molar-refractivity contribution in [3.8, 4) is 5.82 Å². The number of aryl methyl sites for hydroxylation is 1. The highest BCUT2D eigenvalue weighted by Gasteiger charge is 2.15. The third-order valence-electron chi connectivity index (χ3n) is 2.20. The van der Waals surface area contributed by atoms with Gasteiger partial charge in [-0.3, -0.25) is 0 Å². The zero-order valence-electron chi connectivity index (χ0n) is 8.70. The van der Waals surface area contributed by atoms with Gasteiger partial charge in [0.1, 0.15) is 17.2 Å². The molecule has 2 aromatic heterocycles. The fraction of sp³-hybridized carbons (Fsp3) is 0.222. The molecule has 0 saturated carbocycles. The SMILES string of the molecule is Cc1nn(-c2ncnc(N)c2Cl)c(C)c1Br. The van der Waals surface area contributed by atoms with Crippen molar-refractivity contribution >= 4 is 33.3 Å². The molecule has 0 atom stereocenters. The first-order valence-corrected chi connectivity index (χ1v) is 5.67. The van der Waals surface area contributed by atoms with Gasteiger partial charge < -0.3 is 5.73 Å². The average Bonchev–Trinajstić information content (AvgIpc) is 2.50. The molecule has 84 valence electrons. The predicted octanol–water partition coefficient (Wildman–Crippen LogP) is 2.28. The first kappa shape index (κ1) is 11.3. The molecular formula is C9H9BrClN5. The standard InChI is InChI=1S/C9H9BrClN5/c1-4-6(10)5(2)16(15-4)9-7(11)8(12)13-3-14-9/h3H,1-2H3,(H2,12,13,14). The van der Waals surface area contributed by atoms with Crippen LogP contribution in [0.5, 0.6) is 0 Å². The van der Waals surface area contributed by atoms with E-state index in [2.05, 4.69) is 31.0 Å². The molecule has 0 aliphatic carbocycles. The van der Waals surface area contributed by atoms with E-state index >= 15 is 0 Å². The van der Waals surface area contributed by atoms with Gasteiger partial charge in [-0.1, -0.05) is 11.6 Å². The summed E-state index contributed by atoms with van der Waals surface area (Å²) in [6.07, 6.45) is 1.36. The Morgan fingerprint density at radius 1 is 1.38 bits per heavy atom. The van der Waals surface area contributed by atoms with Crippen LogP contribution in [0.4, 0.5) is 5.82 Å². The lowest BCUT2D eigenvalue weighted by molar-refractivity contribution is 0.801. The summed E-state index contributed by atoms with van der Waals surface area (Å²) in [5.41, 5.74) is 7.40. The molecule has 0 fully saturated rings. The van der Waals surface area contributed by atoms with Gasteiger partial charge in [-0.15, -0.1) is 0 Å². The quantitative estimate of drug-likeness (QED) is 0.877. The molecule has 0 spiro atoms. The third-order valence-corrected chi connectivity index (χ3v) is 3.71. The maximum absolute atomic E-state index is 6.04. The van der Waals surface area contributed by atoms with Gasteiger partial charge in [-0.2, -0.15) is 5.10 Å². The molecule has 0 aliphatic heterocycles. The van der Waals surface area contributed by atoms with Crippen LogP contribution in [0, 0.1) is 13.8 Å². The Bertz CT molecular complexity index is 551. The summed E-state index contributed by atoms with van der Waals surface area (Å²) in [4.78, 5) is 7.89. The van der Waals surface area contributed by atoms with E-state index in [0.717, 1.165) is 15.9 Å². The number of anilines is 1. The summed E-state index contributed by atoms with van der Waals surface area (Å²) in [5.74, 6) is 0.732. The third kappa shape index (κ3) is 1.68. The summed E-state index contributed by atoms with van der Waals surface area (Å²) in [5, 5.41) is 4.63. The molecule has 0 saturated heterocycles. The van der Waals surface area contributed by atoms with E-state index in [9.17, 15) is 0 Å². The molecule has 7 heteroatoms. The van der Waals surface area contributed by atoms with Crippen molar-refractivity contribution in [2.24, 2.45) is 0 Å². The second-order valence-corrected chi connectivity index (χ2v) is 4.46. The Balaban J connectivity index is 2.68. The van der Waals surface area contributed by atoms with Gasteiger partial charge in [0, 0.05) is 0 Å². The molecule has 2 heterocycles. The number of halogens is 2. The maximum Gasteiger partial charge on any atom is 0.177 e. The lowest BCUT2D eigenvalue weighted by atomic mass is 10.4. The van der Waals surface area contributed by atoms with Gasteiger partial charge in [0.15, 0.2) is 5.82 Å². The van der Waals surface area contributed by atoms with Gasteiger partial charge >= 0.3 is 0 Å². The summed E-state index contributed by atoms with van der Waals surface area (Å²) >= 11 is 9.47. The smallest absolute Gasteiger partial charge is 0.177 e. The van der Waals surface area contributed by atoms with Crippen molar-refractivity contribution in [2.45, 2.75) is 13.8 Å². The topological polar surface area (TPSA) is 69.6 Å². The van der Waals surface area contributed by atoms with Crippen LogP contribution in [-0.2, 0) is 0 Å². The van der Waals surface area contributed by atoms with E-state index in [1.807, 2.05) is 13.8 Å². The number of hydrogen-bond acceptors (Lipinski definition) is 4. The van der Waals surface area contributed by atoms with Crippen LogP contribution in [0.15, 0.2) is 10.8 Å². The molecule has 0 aromatic carbocycles. The van der Waals surface area contributed by atoms with Gasteiger partial charge in [0.2, 0.25) is 0 Å². The van der Waals surface area contributed by atoms with Crippen molar-refractivity contribution in [3.63, 3.8) is 0 Å². The molecule has 16 heavy (non-hydrogen) atoms. The van der Waals surface area contributed by atoms with Crippen molar-refractivity contribution < 1.29 is 0 Å². The molecule has 0 bridgehead atoms. The Kier molecular flexibility index (Phi) is 2.86. The maximum atomic E-state index is 6.04. The number of nitrogens with zero attached hydrogens (tertiary/aromatic N) is 4. The van der Waals surface area contributed by atoms with E-state index < -0.39 is 0 Å². The summed E-state index contributed by atoms with van der Waals surface area (Å²) in [7, 11) is 0. The zero-order chi connectivity index (χ0) is 11.9. The second kappa shape index (κ2) is 4.03. The van der Waals surface area contributed by atoms with Crippen LogP contribution in [0.25, 0.3) is 5.82 Å². The second-order valence-electron chi connectivity index (χ2n) is 3.29. The highest BCUT2D eigenvalue weighted by Crippen LogP contribution is 2.27. The number of rotatable bonds is 1. The minimum atomic E-state index is 0.246. The fourth-order valence-corrected chi connectivity index (χ4v) is 1.78. The normalized spacial score (nSPS) is 10.8. The monoisotopic (exact) mass is 301 g/mol. The molecule has 5 nitrogen and oxygen atoms in total. The fourth-order valence-electron chi connectivity index (χ4n) is 1.35. The molecule has 0 radical (unpaired) electrons. The number of aromatic nitrogens is 4. The van der Waals surface area contributed by atoms with E-state index in [1.54, 1.807) is 4.68 Å². The molecule has 2 N–H and O–H groups in total. The van der Waals surface area contributed by atoms with Crippen molar-refractivity contribution in [2.75, 3.05) is 5.73 Å². The Labute approximate surface area is 106 Å². The van der Waals surface area contributed by atoms with E-state index in [4.69, 9.17) is 17.3 Å². The molecule has 0 amide bonds. The van der Waals surface area contributed by atoms with Crippen molar-refractivity contribution in [3.05, 3.63) is 27.2 Å². The molecule has 2 aromatic rings. The van der Waals surface area contributed by atoms with E-state index in [1.165, 1.54) is 6.33 Å². The van der Waals surface area contributed by atoms with Gasteiger partial charge in [-0.05, 0) is 29.8 Å². The molecule has 0 aliphatic rings. The largest absolute Gasteiger partial charge is 0.382 e. The zero-order valence-corrected chi connectivity index (χ0v) is 11.0. The highest BCUT2D eigenvalue weighted by molar-refractivity contribution is 9.10. The van der Waals surface area contributed by atoms with Crippen molar-refractivity contribution in [1.29, 1.82) is 0 Å². The minimum absolute atomic E-state index is 0.246. The van der Waals surface area contributed by atoms with E-state index in [0.29, 0.717) is 10.8 Å². The first-order valence-electron chi connectivity index (χ1n) is 4.50. The molecule has 2 rings (SSSR count). The van der Waals surface area contributed by atoms with Gasteiger partial charge in [-0.25, -0.2) is 14.6 Å². The van der Waals surface area contributed by atoms with Gasteiger partial charge in [0.25, 0.3) is 0 Å². The first-order chi connectivity index (χ1) is 7.52. The van der Waals surface area contributed by atoms with Crippen LogP contribution in [0.1, 0.15) is 11.4 Å². The Morgan fingerprint density at radius 2 is 2.06 bits per heavy atom. The lowest BCUT2D eigenvalue weighted by Gasteiger charge is -2.06. The number of nitrogen functional groups attached to an aromatic ring is 1. The van der Waals surface area contributed by atoms with Gasteiger partial charge in [0.05, 0.1) is 15.9 Å². The van der Waals surface area contributed by atoms with Crippen LogP contribution in [-0.4, -0.2) is 19.7 Å². The van der Waals surface area contributed by atoms with Crippen LogP contribution < -0.4 is 5.73 Å². The predicted molar refractivity (Wildman–Crippen MR) is 65.8 cm³/mol. The van der Waals surface area contributed by atoms with Crippen LogP contribution >= 0.6 is 27.5 Å². The summed E-state index contributed by atoms with van der Waals surface area (Å²) in [6.45, 7) is 3.81. The van der Waals surface area contributed by atoms with E-state index in [-0.39, 0.29) is 5.82 Å². The Morgan fingerprint density at radius 3 is 2.62 bits per heavy atom.